The van der Waals surface area contributed by atoms with Crippen molar-refractivity contribution < 1.29 is 14.3 Å². The molecule has 0 spiro atoms. The SMILES string of the molecule is O=C(NCC1COc2ccccc2O1)N1CCN(c2nccs2)CC1. The summed E-state index contributed by atoms with van der Waals surface area (Å²) in [5.41, 5.74) is 0. The number of benzene rings is 1. The molecule has 2 aliphatic heterocycles. The number of carbonyl (C=O) groups is 1. The molecule has 1 fully saturated rings. The predicted octanol–water partition coefficient (Wildman–Crippen LogP) is 1.81. The Morgan fingerprint density at radius 1 is 1.24 bits per heavy atom. The quantitative estimate of drug-likeness (QED) is 0.904. The number of fused-ring (bicyclic) bond motifs is 1. The third-order valence-corrected chi connectivity index (χ3v) is 5.14. The van der Waals surface area contributed by atoms with E-state index in [0.717, 1.165) is 29.7 Å². The first-order valence-corrected chi connectivity index (χ1v) is 9.23. The van der Waals surface area contributed by atoms with E-state index in [2.05, 4.69) is 15.2 Å². The molecule has 0 bridgehead atoms. The largest absolute Gasteiger partial charge is 0.486 e. The van der Waals surface area contributed by atoms with E-state index in [1.54, 1.807) is 11.3 Å². The summed E-state index contributed by atoms with van der Waals surface area (Å²) in [4.78, 5) is 20.7. The smallest absolute Gasteiger partial charge is 0.317 e. The summed E-state index contributed by atoms with van der Waals surface area (Å²) >= 11 is 1.63. The van der Waals surface area contributed by atoms with Crippen LogP contribution in [-0.4, -0.2) is 61.3 Å². The van der Waals surface area contributed by atoms with Gasteiger partial charge in [0.25, 0.3) is 0 Å². The molecule has 8 heteroatoms. The molecule has 3 heterocycles. The first-order valence-electron chi connectivity index (χ1n) is 8.35. The number of aromatic nitrogens is 1. The van der Waals surface area contributed by atoms with Gasteiger partial charge in [-0.2, -0.15) is 0 Å². The van der Waals surface area contributed by atoms with Crippen molar-refractivity contribution in [3.05, 3.63) is 35.8 Å². The second-order valence-electron chi connectivity index (χ2n) is 5.97. The monoisotopic (exact) mass is 360 g/mol. The highest BCUT2D eigenvalue weighted by atomic mass is 32.1. The summed E-state index contributed by atoms with van der Waals surface area (Å²) in [6.45, 7) is 3.86. The van der Waals surface area contributed by atoms with Gasteiger partial charge in [-0.1, -0.05) is 12.1 Å². The van der Waals surface area contributed by atoms with Gasteiger partial charge in [-0.3, -0.25) is 0 Å². The van der Waals surface area contributed by atoms with Crippen molar-refractivity contribution in [1.29, 1.82) is 0 Å². The van der Waals surface area contributed by atoms with Crippen LogP contribution >= 0.6 is 11.3 Å². The van der Waals surface area contributed by atoms with Crippen LogP contribution in [0.1, 0.15) is 0 Å². The second kappa shape index (κ2) is 7.18. The average Bonchev–Trinajstić information content (AvgIpc) is 3.21. The van der Waals surface area contributed by atoms with Gasteiger partial charge in [0.2, 0.25) is 0 Å². The Morgan fingerprint density at radius 3 is 2.80 bits per heavy atom. The van der Waals surface area contributed by atoms with Crippen LogP contribution in [0, 0.1) is 0 Å². The summed E-state index contributed by atoms with van der Waals surface area (Å²) in [6.07, 6.45) is 1.64. The molecule has 2 aliphatic rings. The number of carbonyl (C=O) groups excluding carboxylic acids is 1. The number of urea groups is 1. The molecule has 0 radical (unpaired) electrons. The third kappa shape index (κ3) is 3.63. The number of piperazine rings is 1. The first kappa shape index (κ1) is 16.0. The van der Waals surface area contributed by atoms with Crippen molar-refractivity contribution in [2.75, 3.05) is 44.2 Å². The lowest BCUT2D eigenvalue weighted by atomic mass is 10.2. The highest BCUT2D eigenvalue weighted by Crippen LogP contribution is 2.30. The van der Waals surface area contributed by atoms with E-state index in [0.29, 0.717) is 26.2 Å². The Bertz CT molecular complexity index is 716. The molecule has 1 N–H and O–H groups in total. The molecule has 2 amide bonds. The van der Waals surface area contributed by atoms with Crippen molar-refractivity contribution in [1.82, 2.24) is 15.2 Å². The zero-order chi connectivity index (χ0) is 17.1. The van der Waals surface area contributed by atoms with E-state index >= 15 is 0 Å². The van der Waals surface area contributed by atoms with Gasteiger partial charge < -0.3 is 24.6 Å². The fourth-order valence-corrected chi connectivity index (χ4v) is 3.65. The van der Waals surface area contributed by atoms with Gasteiger partial charge in [-0.05, 0) is 12.1 Å². The average molecular weight is 360 g/mol. The molecule has 1 unspecified atom stereocenters. The van der Waals surface area contributed by atoms with Crippen LogP contribution in [-0.2, 0) is 0 Å². The molecule has 2 aromatic rings. The van der Waals surface area contributed by atoms with E-state index < -0.39 is 0 Å². The standard InChI is InChI=1S/C17H20N4O3S/c22-16(20-6-8-21(9-7-20)17-18-5-10-25-17)19-11-13-12-23-14-3-1-2-4-15(14)24-13/h1-5,10,13H,6-9,11-12H2,(H,19,22). The number of ether oxygens (including phenoxy) is 2. The maximum absolute atomic E-state index is 12.4. The maximum Gasteiger partial charge on any atom is 0.317 e. The van der Waals surface area contributed by atoms with E-state index in [1.807, 2.05) is 40.7 Å². The van der Waals surface area contributed by atoms with Gasteiger partial charge in [0.05, 0.1) is 6.54 Å². The Hall–Kier alpha value is -2.48. The summed E-state index contributed by atoms with van der Waals surface area (Å²) in [7, 11) is 0. The van der Waals surface area contributed by atoms with Crippen molar-refractivity contribution in [2.24, 2.45) is 0 Å². The van der Waals surface area contributed by atoms with E-state index in [-0.39, 0.29) is 12.1 Å². The number of hydrogen-bond donors (Lipinski definition) is 1. The number of para-hydroxylation sites is 2. The number of nitrogens with one attached hydrogen (secondary N) is 1. The Balaban J connectivity index is 1.24. The molecule has 132 valence electrons. The molecule has 7 nitrogen and oxygen atoms in total. The number of anilines is 1. The van der Waals surface area contributed by atoms with Crippen molar-refractivity contribution in [3.63, 3.8) is 0 Å². The number of hydrogen-bond acceptors (Lipinski definition) is 6. The molecule has 1 atom stereocenters. The summed E-state index contributed by atoms with van der Waals surface area (Å²) in [5.74, 6) is 1.48. The Kier molecular flexibility index (Phi) is 4.60. The summed E-state index contributed by atoms with van der Waals surface area (Å²) in [6, 6.07) is 7.52. The van der Waals surface area contributed by atoms with Gasteiger partial charge in [0, 0.05) is 37.8 Å². The molecular formula is C17H20N4O3S. The molecule has 1 aromatic carbocycles. The third-order valence-electron chi connectivity index (χ3n) is 4.31. The van der Waals surface area contributed by atoms with Crippen LogP contribution in [0.5, 0.6) is 11.5 Å². The highest BCUT2D eigenvalue weighted by molar-refractivity contribution is 7.13. The number of amides is 2. The number of rotatable bonds is 3. The van der Waals surface area contributed by atoms with E-state index in [9.17, 15) is 4.79 Å². The van der Waals surface area contributed by atoms with Gasteiger partial charge in [-0.15, -0.1) is 11.3 Å². The predicted molar refractivity (Wildman–Crippen MR) is 95.7 cm³/mol. The lowest BCUT2D eigenvalue weighted by Crippen LogP contribution is -2.53. The lowest BCUT2D eigenvalue weighted by Gasteiger charge is -2.35. The molecule has 1 aromatic heterocycles. The molecule has 1 saturated heterocycles. The fraction of sp³-hybridized carbons (Fsp3) is 0.412. The van der Waals surface area contributed by atoms with Crippen molar-refractivity contribution in [2.45, 2.75) is 6.10 Å². The Morgan fingerprint density at radius 2 is 2.04 bits per heavy atom. The molecule has 4 rings (SSSR count). The number of thiazole rings is 1. The Labute approximate surface area is 150 Å². The highest BCUT2D eigenvalue weighted by Gasteiger charge is 2.25. The minimum absolute atomic E-state index is 0.0544. The molecule has 0 aliphatic carbocycles. The second-order valence-corrected chi connectivity index (χ2v) is 6.85. The van der Waals surface area contributed by atoms with Crippen molar-refractivity contribution >= 4 is 22.5 Å². The summed E-state index contributed by atoms with van der Waals surface area (Å²) in [5, 5.41) is 5.94. The van der Waals surface area contributed by atoms with Gasteiger partial charge in [0.15, 0.2) is 22.7 Å². The zero-order valence-electron chi connectivity index (χ0n) is 13.8. The number of nitrogens with zero attached hydrogens (tertiary/aromatic N) is 3. The molecule has 0 saturated carbocycles. The summed E-state index contributed by atoms with van der Waals surface area (Å²) < 4.78 is 11.5. The topological polar surface area (TPSA) is 66.9 Å². The zero-order valence-corrected chi connectivity index (χ0v) is 14.6. The van der Waals surface area contributed by atoms with Crippen LogP contribution in [0.4, 0.5) is 9.93 Å². The van der Waals surface area contributed by atoms with Crippen LogP contribution < -0.4 is 19.7 Å². The van der Waals surface area contributed by atoms with Gasteiger partial charge in [-0.25, -0.2) is 9.78 Å². The molecular weight excluding hydrogens is 340 g/mol. The lowest BCUT2D eigenvalue weighted by molar-refractivity contribution is 0.0900. The maximum atomic E-state index is 12.4. The van der Waals surface area contributed by atoms with E-state index in [4.69, 9.17) is 9.47 Å². The van der Waals surface area contributed by atoms with Crippen molar-refractivity contribution in [3.8, 4) is 11.5 Å². The van der Waals surface area contributed by atoms with Gasteiger partial charge in [0.1, 0.15) is 6.61 Å². The van der Waals surface area contributed by atoms with Crippen LogP contribution in [0.2, 0.25) is 0 Å². The molecule has 25 heavy (non-hydrogen) atoms. The first-order chi connectivity index (χ1) is 12.3. The minimum atomic E-state index is -0.171. The normalized spacial score (nSPS) is 19.6. The minimum Gasteiger partial charge on any atom is -0.486 e. The van der Waals surface area contributed by atoms with E-state index in [1.165, 1.54) is 0 Å². The van der Waals surface area contributed by atoms with Crippen LogP contribution in [0.25, 0.3) is 0 Å². The van der Waals surface area contributed by atoms with Crippen LogP contribution in [0.3, 0.4) is 0 Å². The van der Waals surface area contributed by atoms with Crippen LogP contribution in [0.15, 0.2) is 35.8 Å². The fourth-order valence-electron chi connectivity index (χ4n) is 2.95. The van der Waals surface area contributed by atoms with Gasteiger partial charge >= 0.3 is 6.03 Å².